The minimum absolute atomic E-state index is 0.0636. The summed E-state index contributed by atoms with van der Waals surface area (Å²) in [6.45, 7) is -1.77. The number of carboxylic acids is 1. The van der Waals surface area contributed by atoms with Gasteiger partial charge in [-0.3, -0.25) is 14.4 Å². The molecule has 0 aliphatic carbocycles. The van der Waals surface area contributed by atoms with Crippen LogP contribution in [0.15, 0.2) is 28.1 Å². The van der Waals surface area contributed by atoms with Gasteiger partial charge in [-0.15, -0.1) is 0 Å². The molecule has 1 aliphatic rings. The molecule has 17 heteroatoms. The van der Waals surface area contributed by atoms with E-state index in [1.165, 1.54) is 12.2 Å². The predicted octanol–water partition coefficient (Wildman–Crippen LogP) is -5.58. The van der Waals surface area contributed by atoms with Crippen molar-refractivity contribution in [2.45, 2.75) is 49.1 Å². The third kappa shape index (κ3) is 6.53. The number of guanidine groups is 1. The highest BCUT2D eigenvalue weighted by Gasteiger charge is 2.52. The van der Waals surface area contributed by atoms with Gasteiger partial charge in [-0.2, -0.15) is 4.98 Å². The average molecular weight is 514 g/mol. The summed E-state index contributed by atoms with van der Waals surface area (Å²) >= 11 is 0. The second-order valence-corrected chi connectivity index (χ2v) is 8.01. The standard InChI is InChI=1S/C19H30N8O9/c20-10(7-29)15(31)25-11-1-2-12(27-5-8(6-28)14(21)26-18(27)34)36-13(11)19(35,16(32)33)3-9(30)4-24-17(22)23/h1-2,5,9-13,28-30,35H,3-4,6-7,20H2,(H,25,31)(H,32,33)(H2,21,26,34)(H4,22,23,24). The number of nitrogen functional groups attached to an aromatic ring is 1. The molecule has 17 nitrogen and oxygen atoms in total. The van der Waals surface area contributed by atoms with Gasteiger partial charge < -0.3 is 58.5 Å². The second-order valence-electron chi connectivity index (χ2n) is 8.01. The number of hydrogen-bond acceptors (Lipinski definition) is 12. The summed E-state index contributed by atoms with van der Waals surface area (Å²) in [6, 6.07) is -2.73. The number of carboxylic acid groups (broad SMARTS) is 1. The van der Waals surface area contributed by atoms with E-state index in [9.17, 15) is 34.8 Å². The van der Waals surface area contributed by atoms with Crippen LogP contribution in [0.3, 0.4) is 0 Å². The van der Waals surface area contributed by atoms with Crippen LogP contribution >= 0.6 is 0 Å². The number of amides is 1. The summed E-state index contributed by atoms with van der Waals surface area (Å²) < 4.78 is 6.62. The van der Waals surface area contributed by atoms with Crippen molar-refractivity contribution in [2.75, 3.05) is 18.9 Å². The van der Waals surface area contributed by atoms with Crippen molar-refractivity contribution >= 4 is 23.7 Å². The Morgan fingerprint density at radius 2 is 1.97 bits per heavy atom. The minimum atomic E-state index is -2.87. The summed E-state index contributed by atoms with van der Waals surface area (Å²) in [5.74, 6) is -3.36. The first-order valence-corrected chi connectivity index (χ1v) is 10.5. The van der Waals surface area contributed by atoms with Crippen molar-refractivity contribution in [3.05, 3.63) is 34.4 Å². The van der Waals surface area contributed by atoms with E-state index in [0.717, 1.165) is 10.8 Å². The zero-order chi connectivity index (χ0) is 27.2. The molecule has 14 N–H and O–H groups in total. The number of hydrogen-bond donors (Lipinski definition) is 10. The number of aliphatic hydroxyl groups excluding tert-OH is 3. The lowest BCUT2D eigenvalue weighted by molar-refractivity contribution is -0.197. The molecule has 36 heavy (non-hydrogen) atoms. The molecular formula is C19H30N8O9. The van der Waals surface area contributed by atoms with Crippen LogP contribution in [0.1, 0.15) is 18.2 Å². The molecule has 0 spiro atoms. The zero-order valence-electron chi connectivity index (χ0n) is 19.0. The van der Waals surface area contributed by atoms with Crippen LogP contribution in [0.2, 0.25) is 0 Å². The van der Waals surface area contributed by atoms with Gasteiger partial charge in [0.1, 0.15) is 18.0 Å². The first-order valence-electron chi connectivity index (χ1n) is 10.5. The lowest BCUT2D eigenvalue weighted by atomic mass is 9.84. The van der Waals surface area contributed by atoms with E-state index < -0.39 is 79.9 Å². The van der Waals surface area contributed by atoms with Crippen LogP contribution in [0.5, 0.6) is 0 Å². The molecule has 0 aromatic carbocycles. The Balaban J connectivity index is 2.52. The summed E-state index contributed by atoms with van der Waals surface area (Å²) in [6.07, 6.45) is -2.01. The van der Waals surface area contributed by atoms with E-state index in [4.69, 9.17) is 32.8 Å². The van der Waals surface area contributed by atoms with E-state index in [2.05, 4.69) is 15.3 Å². The Kier molecular flexibility index (Phi) is 9.45. The number of rotatable bonds is 11. The van der Waals surface area contributed by atoms with Gasteiger partial charge in [0.25, 0.3) is 0 Å². The molecule has 6 unspecified atom stereocenters. The number of aliphatic imine (C=N–C) groups is 1. The number of aromatic nitrogens is 2. The van der Waals surface area contributed by atoms with E-state index in [1.54, 1.807) is 0 Å². The molecule has 200 valence electrons. The number of carbonyl (C=O) groups excluding carboxylic acids is 1. The summed E-state index contributed by atoms with van der Waals surface area (Å²) in [4.78, 5) is 44.1. The molecule has 2 heterocycles. The van der Waals surface area contributed by atoms with Gasteiger partial charge in [0, 0.05) is 18.2 Å². The van der Waals surface area contributed by atoms with Crippen molar-refractivity contribution in [3.8, 4) is 0 Å². The Labute approximate surface area is 203 Å². The molecule has 1 aliphatic heterocycles. The van der Waals surface area contributed by atoms with E-state index in [1.807, 2.05) is 0 Å². The molecule has 6 atom stereocenters. The molecule has 1 aromatic heterocycles. The first-order chi connectivity index (χ1) is 16.8. The number of ether oxygens (including phenoxy) is 1. The Morgan fingerprint density at radius 1 is 1.31 bits per heavy atom. The van der Waals surface area contributed by atoms with E-state index in [-0.39, 0.29) is 17.3 Å². The molecule has 0 radical (unpaired) electrons. The summed E-state index contributed by atoms with van der Waals surface area (Å²) in [5.41, 5.74) is 17.8. The fourth-order valence-electron chi connectivity index (χ4n) is 3.43. The van der Waals surface area contributed by atoms with E-state index in [0.29, 0.717) is 0 Å². The Hall–Kier alpha value is -3.61. The number of nitrogens with two attached hydrogens (primary N) is 4. The number of aliphatic carboxylic acids is 1. The zero-order valence-corrected chi connectivity index (χ0v) is 19.0. The maximum absolute atomic E-state index is 12.4. The predicted molar refractivity (Wildman–Crippen MR) is 123 cm³/mol. The largest absolute Gasteiger partial charge is 0.479 e. The highest BCUT2D eigenvalue weighted by molar-refractivity contribution is 5.83. The molecular weight excluding hydrogens is 484 g/mol. The van der Waals surface area contributed by atoms with Crippen LogP contribution in [-0.2, 0) is 20.9 Å². The molecule has 0 bridgehead atoms. The monoisotopic (exact) mass is 514 g/mol. The number of anilines is 1. The van der Waals surface area contributed by atoms with Gasteiger partial charge >= 0.3 is 11.7 Å². The van der Waals surface area contributed by atoms with Crippen LogP contribution in [0, 0.1) is 0 Å². The van der Waals surface area contributed by atoms with Crippen molar-refractivity contribution in [2.24, 2.45) is 22.2 Å². The van der Waals surface area contributed by atoms with E-state index >= 15 is 0 Å². The number of aliphatic hydroxyl groups is 4. The van der Waals surface area contributed by atoms with Crippen molar-refractivity contribution in [1.29, 1.82) is 0 Å². The SMILES string of the molecule is NC(N)=NCC(O)CC(O)(C(=O)O)C1OC(n2cc(CO)c(N)nc2=O)C=CC1NC(=O)C(N)CO. The topological polar surface area (TPSA) is 308 Å². The van der Waals surface area contributed by atoms with Crippen LogP contribution in [0.25, 0.3) is 0 Å². The lowest BCUT2D eigenvalue weighted by Crippen LogP contribution is -2.63. The van der Waals surface area contributed by atoms with Gasteiger partial charge in [0.2, 0.25) is 5.91 Å². The third-order valence-electron chi connectivity index (χ3n) is 5.32. The van der Waals surface area contributed by atoms with Gasteiger partial charge in [0.15, 0.2) is 17.8 Å². The Morgan fingerprint density at radius 3 is 2.53 bits per heavy atom. The maximum Gasteiger partial charge on any atom is 0.351 e. The van der Waals surface area contributed by atoms with Gasteiger partial charge in [-0.05, 0) is 6.08 Å². The molecule has 2 rings (SSSR count). The summed E-state index contributed by atoms with van der Waals surface area (Å²) in [5, 5.41) is 52.3. The van der Waals surface area contributed by atoms with Gasteiger partial charge in [-0.25, -0.2) is 9.59 Å². The van der Waals surface area contributed by atoms with Crippen molar-refractivity contribution in [1.82, 2.24) is 14.9 Å². The highest BCUT2D eigenvalue weighted by atomic mass is 16.5. The second kappa shape index (κ2) is 11.9. The lowest BCUT2D eigenvalue weighted by Gasteiger charge is -2.41. The molecule has 1 aromatic rings. The molecule has 0 saturated carbocycles. The molecule has 1 amide bonds. The fourth-order valence-corrected chi connectivity index (χ4v) is 3.43. The Bertz CT molecular complexity index is 1070. The van der Waals surface area contributed by atoms with Crippen molar-refractivity contribution < 1.29 is 39.9 Å². The van der Waals surface area contributed by atoms with Crippen LogP contribution < -0.4 is 33.9 Å². The quantitative estimate of drug-likeness (QED) is 0.0748. The van der Waals surface area contributed by atoms with Gasteiger partial charge in [0.05, 0.1) is 31.9 Å². The molecule has 0 saturated heterocycles. The third-order valence-corrected chi connectivity index (χ3v) is 5.32. The smallest absolute Gasteiger partial charge is 0.351 e. The normalized spacial score (nSPS) is 22.8. The maximum atomic E-state index is 12.4. The number of carbonyl (C=O) groups is 2. The fraction of sp³-hybridized carbons (Fsp3) is 0.526. The van der Waals surface area contributed by atoms with Crippen LogP contribution in [-0.4, -0.2) is 96.0 Å². The average Bonchev–Trinajstić information content (AvgIpc) is 2.82. The molecule has 0 fully saturated rings. The van der Waals surface area contributed by atoms with Crippen molar-refractivity contribution in [3.63, 3.8) is 0 Å². The highest BCUT2D eigenvalue weighted by Crippen LogP contribution is 2.31. The minimum Gasteiger partial charge on any atom is -0.479 e. The van der Waals surface area contributed by atoms with Crippen LogP contribution in [0.4, 0.5) is 5.82 Å². The van der Waals surface area contributed by atoms with Gasteiger partial charge in [-0.1, -0.05) is 6.08 Å². The summed E-state index contributed by atoms with van der Waals surface area (Å²) in [7, 11) is 0. The number of nitrogens with zero attached hydrogens (tertiary/aromatic N) is 3. The first kappa shape index (κ1) is 28.6. The number of nitrogens with one attached hydrogen (secondary N) is 1.